The van der Waals surface area contributed by atoms with E-state index in [0.717, 1.165) is 6.54 Å². The smallest absolute Gasteiger partial charge is 0.0922 e. The summed E-state index contributed by atoms with van der Waals surface area (Å²) < 4.78 is 0. The van der Waals surface area contributed by atoms with Gasteiger partial charge in [0.05, 0.1) is 6.33 Å². The molecule has 0 spiro atoms. The molecule has 1 aromatic carbocycles. The van der Waals surface area contributed by atoms with Crippen LogP contribution in [0.1, 0.15) is 30.5 Å². The fourth-order valence-electron chi connectivity index (χ4n) is 3.21. The first-order valence-corrected chi connectivity index (χ1v) is 8.37. The van der Waals surface area contributed by atoms with Crippen molar-refractivity contribution >= 4 is 0 Å². The summed E-state index contributed by atoms with van der Waals surface area (Å²) in [5.41, 5.74) is 2.62. The number of aryl methyl sites for hydroxylation is 1. The second kappa shape index (κ2) is 8.11. The average Bonchev–Trinajstić information content (AvgIpc) is 3.08. The van der Waals surface area contributed by atoms with Gasteiger partial charge in [0.1, 0.15) is 0 Å². The Bertz CT molecular complexity index is 523. The second-order valence-corrected chi connectivity index (χ2v) is 6.19. The molecule has 1 unspecified atom stereocenters. The number of aromatic amines is 1. The van der Waals surface area contributed by atoms with Gasteiger partial charge in [-0.2, -0.15) is 0 Å². The Morgan fingerprint density at radius 3 is 3.00 bits per heavy atom. The van der Waals surface area contributed by atoms with Gasteiger partial charge in [0.15, 0.2) is 0 Å². The summed E-state index contributed by atoms with van der Waals surface area (Å²) in [6, 6.07) is 11.4. The number of benzene rings is 1. The molecular weight excluding hydrogens is 272 g/mol. The van der Waals surface area contributed by atoms with Gasteiger partial charge in [-0.3, -0.25) is 0 Å². The second-order valence-electron chi connectivity index (χ2n) is 6.19. The number of piperidine rings is 1. The number of nitrogens with one attached hydrogen (secondary N) is 2. The molecule has 0 aliphatic carbocycles. The minimum absolute atomic E-state index is 0.605. The van der Waals surface area contributed by atoms with Crippen molar-refractivity contribution in [3.63, 3.8) is 0 Å². The van der Waals surface area contributed by atoms with Crippen LogP contribution in [0.15, 0.2) is 42.9 Å². The number of H-pyrrole nitrogens is 1. The molecule has 0 saturated carbocycles. The van der Waals surface area contributed by atoms with Crippen molar-refractivity contribution in [3.8, 4) is 0 Å². The summed E-state index contributed by atoms with van der Waals surface area (Å²) >= 11 is 0. The van der Waals surface area contributed by atoms with Crippen molar-refractivity contribution in [2.45, 2.75) is 38.3 Å². The van der Waals surface area contributed by atoms with E-state index in [9.17, 15) is 0 Å². The Hall–Kier alpha value is -1.65. The molecule has 1 aliphatic heterocycles. The molecule has 3 rings (SSSR count). The van der Waals surface area contributed by atoms with Gasteiger partial charge in [0.2, 0.25) is 0 Å². The van der Waals surface area contributed by atoms with E-state index in [0.29, 0.717) is 6.04 Å². The predicted octanol–water partition coefficient (Wildman–Crippen LogP) is 2.60. The predicted molar refractivity (Wildman–Crippen MR) is 89.7 cm³/mol. The van der Waals surface area contributed by atoms with Gasteiger partial charge >= 0.3 is 0 Å². The molecule has 2 N–H and O–H groups in total. The Kier molecular flexibility index (Phi) is 5.62. The molecule has 22 heavy (non-hydrogen) atoms. The number of imidazole rings is 1. The van der Waals surface area contributed by atoms with Crippen LogP contribution in [0.3, 0.4) is 0 Å². The van der Waals surface area contributed by atoms with Crippen LogP contribution < -0.4 is 5.32 Å². The first kappa shape index (κ1) is 15.3. The monoisotopic (exact) mass is 298 g/mol. The maximum Gasteiger partial charge on any atom is 0.0922 e. The standard InChI is InChI=1S/C18H26N4/c1-2-6-16(7-3-1)8-4-10-22-11-5-9-17(14-22)20-13-18-12-19-15-21-18/h1-3,6-7,12,15,17,20H,4-5,8-11,13-14H2,(H,19,21). The van der Waals surface area contributed by atoms with Gasteiger partial charge in [-0.05, 0) is 44.3 Å². The molecule has 1 aromatic heterocycles. The average molecular weight is 298 g/mol. The largest absolute Gasteiger partial charge is 0.347 e. The lowest BCUT2D eigenvalue weighted by Gasteiger charge is -2.33. The summed E-state index contributed by atoms with van der Waals surface area (Å²) in [7, 11) is 0. The van der Waals surface area contributed by atoms with Gasteiger partial charge in [-0.1, -0.05) is 30.3 Å². The van der Waals surface area contributed by atoms with Crippen molar-refractivity contribution in [1.82, 2.24) is 20.2 Å². The molecule has 1 saturated heterocycles. The number of hydrogen-bond donors (Lipinski definition) is 2. The zero-order chi connectivity index (χ0) is 15.0. The molecule has 2 heterocycles. The van der Waals surface area contributed by atoms with Crippen LogP contribution in [-0.2, 0) is 13.0 Å². The SMILES string of the molecule is c1ccc(CCCN2CCCC(NCc3cnc[nH]3)C2)cc1. The van der Waals surface area contributed by atoms with E-state index in [1.165, 1.54) is 56.6 Å². The number of nitrogens with zero attached hydrogens (tertiary/aromatic N) is 2. The van der Waals surface area contributed by atoms with Crippen LogP contribution in [0.5, 0.6) is 0 Å². The van der Waals surface area contributed by atoms with Crippen molar-refractivity contribution < 1.29 is 0 Å². The fraction of sp³-hybridized carbons (Fsp3) is 0.500. The van der Waals surface area contributed by atoms with Crippen molar-refractivity contribution in [1.29, 1.82) is 0 Å². The highest BCUT2D eigenvalue weighted by Gasteiger charge is 2.18. The first-order chi connectivity index (χ1) is 10.9. The highest BCUT2D eigenvalue weighted by Crippen LogP contribution is 2.12. The molecule has 4 heteroatoms. The normalized spacial score (nSPS) is 19.4. The molecule has 118 valence electrons. The van der Waals surface area contributed by atoms with E-state index in [-0.39, 0.29) is 0 Å². The van der Waals surface area contributed by atoms with E-state index in [2.05, 4.69) is 50.5 Å². The molecular formula is C18H26N4. The van der Waals surface area contributed by atoms with Crippen LogP contribution in [0.4, 0.5) is 0 Å². The molecule has 0 bridgehead atoms. The zero-order valence-electron chi connectivity index (χ0n) is 13.2. The van der Waals surface area contributed by atoms with E-state index in [1.54, 1.807) is 6.33 Å². The van der Waals surface area contributed by atoms with Gasteiger partial charge in [0, 0.05) is 31.0 Å². The lowest BCUT2D eigenvalue weighted by atomic mass is 10.0. The van der Waals surface area contributed by atoms with Crippen molar-refractivity contribution in [2.75, 3.05) is 19.6 Å². The van der Waals surface area contributed by atoms with E-state index < -0.39 is 0 Å². The molecule has 0 amide bonds. The van der Waals surface area contributed by atoms with E-state index in [1.807, 2.05) is 6.20 Å². The zero-order valence-corrected chi connectivity index (χ0v) is 13.2. The lowest BCUT2D eigenvalue weighted by Crippen LogP contribution is -2.45. The Morgan fingerprint density at radius 1 is 1.27 bits per heavy atom. The summed E-state index contributed by atoms with van der Waals surface area (Å²) in [6.45, 7) is 4.51. The quantitative estimate of drug-likeness (QED) is 0.826. The number of hydrogen-bond acceptors (Lipinski definition) is 3. The third-order valence-electron chi connectivity index (χ3n) is 4.42. The summed E-state index contributed by atoms with van der Waals surface area (Å²) in [4.78, 5) is 9.83. The first-order valence-electron chi connectivity index (χ1n) is 8.37. The fourth-order valence-corrected chi connectivity index (χ4v) is 3.21. The van der Waals surface area contributed by atoms with Crippen molar-refractivity contribution in [3.05, 3.63) is 54.1 Å². The topological polar surface area (TPSA) is 44.0 Å². The number of aromatic nitrogens is 2. The summed E-state index contributed by atoms with van der Waals surface area (Å²) in [5.74, 6) is 0. The molecule has 2 aromatic rings. The van der Waals surface area contributed by atoms with Gasteiger partial charge < -0.3 is 15.2 Å². The maximum absolute atomic E-state index is 4.06. The Morgan fingerprint density at radius 2 is 2.18 bits per heavy atom. The number of likely N-dealkylation sites (tertiary alicyclic amines) is 1. The van der Waals surface area contributed by atoms with Crippen LogP contribution in [0.25, 0.3) is 0 Å². The highest BCUT2D eigenvalue weighted by molar-refractivity contribution is 5.14. The van der Waals surface area contributed by atoms with Gasteiger partial charge in [-0.25, -0.2) is 4.98 Å². The maximum atomic E-state index is 4.06. The molecule has 1 atom stereocenters. The van der Waals surface area contributed by atoms with Crippen LogP contribution >= 0.6 is 0 Å². The molecule has 0 radical (unpaired) electrons. The third kappa shape index (κ3) is 4.68. The van der Waals surface area contributed by atoms with E-state index >= 15 is 0 Å². The van der Waals surface area contributed by atoms with Gasteiger partial charge in [-0.15, -0.1) is 0 Å². The third-order valence-corrected chi connectivity index (χ3v) is 4.42. The Labute approximate surface area is 133 Å². The van der Waals surface area contributed by atoms with Crippen LogP contribution in [0.2, 0.25) is 0 Å². The van der Waals surface area contributed by atoms with Crippen LogP contribution in [-0.4, -0.2) is 40.5 Å². The molecule has 1 aliphatic rings. The lowest BCUT2D eigenvalue weighted by molar-refractivity contribution is 0.188. The summed E-state index contributed by atoms with van der Waals surface area (Å²) in [6.07, 6.45) is 8.65. The van der Waals surface area contributed by atoms with Crippen molar-refractivity contribution in [2.24, 2.45) is 0 Å². The molecule has 4 nitrogen and oxygen atoms in total. The van der Waals surface area contributed by atoms with Gasteiger partial charge in [0.25, 0.3) is 0 Å². The number of rotatable bonds is 7. The molecule has 1 fully saturated rings. The van der Waals surface area contributed by atoms with E-state index in [4.69, 9.17) is 0 Å². The highest BCUT2D eigenvalue weighted by atomic mass is 15.2. The minimum Gasteiger partial charge on any atom is -0.347 e. The minimum atomic E-state index is 0.605. The summed E-state index contributed by atoms with van der Waals surface area (Å²) in [5, 5.41) is 3.65. The van der Waals surface area contributed by atoms with Crippen LogP contribution in [0, 0.1) is 0 Å². The Balaban J connectivity index is 1.37.